The summed E-state index contributed by atoms with van der Waals surface area (Å²) in [5.74, 6) is 0. The molecule has 0 saturated carbocycles. The van der Waals surface area contributed by atoms with Crippen LogP contribution in [0.15, 0.2) is 36.9 Å². The number of urea groups is 1. The molecule has 0 unspecified atom stereocenters. The lowest BCUT2D eigenvalue weighted by Crippen LogP contribution is -2.37. The molecule has 16 heavy (non-hydrogen) atoms. The Balaban J connectivity index is 2.87. The molecule has 1 aromatic rings. The molecule has 0 radical (unpaired) electrons. The largest absolute Gasteiger partial charge is 0.334 e. The molecular weight excluding hydrogens is 202 g/mol. The lowest BCUT2D eigenvalue weighted by atomic mass is 10.2. The van der Waals surface area contributed by atoms with Crippen LogP contribution in [0.4, 0.5) is 10.5 Å². The van der Waals surface area contributed by atoms with Gasteiger partial charge in [-0.05, 0) is 12.1 Å². The highest BCUT2D eigenvalue weighted by atomic mass is 16.2. The second-order valence-electron chi connectivity index (χ2n) is 3.16. The normalized spacial score (nSPS) is 9.00. The Kier molecular flexibility index (Phi) is 4.10. The second-order valence-corrected chi connectivity index (χ2v) is 3.16. The molecule has 1 N–H and O–H groups in total. The standard InChI is InChI=1S/C12H13N3O/c1-3-8-14-12(16)15(2)11-7-5-4-6-10(11)9-13/h3-7H,1,8H2,2H3,(H,14,16). The molecule has 0 saturated heterocycles. The van der Waals surface area contributed by atoms with Gasteiger partial charge < -0.3 is 5.32 Å². The van der Waals surface area contributed by atoms with Gasteiger partial charge in [0.05, 0.1) is 11.3 Å². The van der Waals surface area contributed by atoms with Gasteiger partial charge in [0.25, 0.3) is 0 Å². The van der Waals surface area contributed by atoms with Crippen molar-refractivity contribution in [3.63, 3.8) is 0 Å². The predicted octanol–water partition coefficient (Wildman–Crippen LogP) is 1.89. The van der Waals surface area contributed by atoms with Crippen molar-refractivity contribution in [2.45, 2.75) is 0 Å². The summed E-state index contributed by atoms with van der Waals surface area (Å²) in [6, 6.07) is 8.73. The monoisotopic (exact) mass is 215 g/mol. The van der Waals surface area contributed by atoms with Crippen molar-refractivity contribution in [1.82, 2.24) is 5.32 Å². The summed E-state index contributed by atoms with van der Waals surface area (Å²) in [6.07, 6.45) is 1.60. The quantitative estimate of drug-likeness (QED) is 0.783. The Morgan fingerprint density at radius 3 is 2.94 bits per heavy atom. The second kappa shape index (κ2) is 5.56. The molecular formula is C12H13N3O. The highest BCUT2D eigenvalue weighted by Crippen LogP contribution is 2.17. The Labute approximate surface area is 94.8 Å². The number of benzene rings is 1. The van der Waals surface area contributed by atoms with Gasteiger partial charge in [0, 0.05) is 13.6 Å². The molecule has 0 spiro atoms. The number of anilines is 1. The Morgan fingerprint density at radius 1 is 1.62 bits per heavy atom. The zero-order chi connectivity index (χ0) is 12.0. The minimum absolute atomic E-state index is 0.261. The summed E-state index contributed by atoms with van der Waals surface area (Å²) >= 11 is 0. The molecule has 0 atom stereocenters. The Morgan fingerprint density at radius 2 is 2.31 bits per heavy atom. The van der Waals surface area contributed by atoms with Crippen molar-refractivity contribution in [2.75, 3.05) is 18.5 Å². The first-order valence-corrected chi connectivity index (χ1v) is 4.82. The van der Waals surface area contributed by atoms with Crippen molar-refractivity contribution in [1.29, 1.82) is 5.26 Å². The summed E-state index contributed by atoms with van der Waals surface area (Å²) in [5, 5.41) is 11.5. The Hall–Kier alpha value is -2.28. The van der Waals surface area contributed by atoms with Gasteiger partial charge in [0.15, 0.2) is 0 Å². The summed E-state index contributed by atoms with van der Waals surface area (Å²) < 4.78 is 0. The van der Waals surface area contributed by atoms with E-state index in [0.717, 1.165) is 0 Å². The van der Waals surface area contributed by atoms with E-state index in [-0.39, 0.29) is 6.03 Å². The van der Waals surface area contributed by atoms with Gasteiger partial charge in [-0.15, -0.1) is 6.58 Å². The molecule has 0 heterocycles. The van der Waals surface area contributed by atoms with E-state index in [0.29, 0.717) is 17.8 Å². The van der Waals surface area contributed by atoms with E-state index in [1.54, 1.807) is 37.4 Å². The number of nitrogens with one attached hydrogen (secondary N) is 1. The number of nitrogens with zero attached hydrogens (tertiary/aromatic N) is 2. The van der Waals surface area contributed by atoms with Crippen LogP contribution in [0.3, 0.4) is 0 Å². The summed E-state index contributed by atoms with van der Waals surface area (Å²) in [4.78, 5) is 13.0. The molecule has 0 aliphatic heterocycles. The SMILES string of the molecule is C=CCNC(=O)N(C)c1ccccc1C#N. The third kappa shape index (κ3) is 2.61. The van der Waals surface area contributed by atoms with Crippen LogP contribution in [-0.4, -0.2) is 19.6 Å². The minimum atomic E-state index is -0.261. The maximum Gasteiger partial charge on any atom is 0.321 e. The minimum Gasteiger partial charge on any atom is -0.334 e. The van der Waals surface area contributed by atoms with E-state index in [9.17, 15) is 4.79 Å². The number of carbonyl (C=O) groups is 1. The highest BCUT2D eigenvalue weighted by molar-refractivity contribution is 5.92. The van der Waals surface area contributed by atoms with Crippen LogP contribution in [0.25, 0.3) is 0 Å². The molecule has 2 amide bonds. The van der Waals surface area contributed by atoms with Gasteiger partial charge in [-0.2, -0.15) is 5.26 Å². The molecule has 0 aromatic heterocycles. The first-order valence-electron chi connectivity index (χ1n) is 4.82. The maximum atomic E-state index is 11.6. The lowest BCUT2D eigenvalue weighted by molar-refractivity contribution is 0.248. The molecule has 4 nitrogen and oxygen atoms in total. The van der Waals surface area contributed by atoms with Crippen molar-refractivity contribution >= 4 is 11.7 Å². The number of para-hydroxylation sites is 1. The van der Waals surface area contributed by atoms with E-state index in [1.165, 1.54) is 4.90 Å². The first-order chi connectivity index (χ1) is 7.70. The van der Waals surface area contributed by atoms with Gasteiger partial charge in [0.2, 0.25) is 0 Å². The molecule has 0 fully saturated rings. The average Bonchev–Trinajstić information content (AvgIpc) is 2.34. The lowest BCUT2D eigenvalue weighted by Gasteiger charge is -2.18. The fourth-order valence-corrected chi connectivity index (χ4v) is 1.25. The number of carbonyl (C=O) groups excluding carboxylic acids is 1. The van der Waals surface area contributed by atoms with Crippen LogP contribution in [0.5, 0.6) is 0 Å². The molecule has 0 aliphatic rings. The van der Waals surface area contributed by atoms with Gasteiger partial charge in [0.1, 0.15) is 6.07 Å². The van der Waals surface area contributed by atoms with Gasteiger partial charge in [-0.1, -0.05) is 18.2 Å². The van der Waals surface area contributed by atoms with E-state index in [1.807, 2.05) is 6.07 Å². The number of rotatable bonds is 3. The van der Waals surface area contributed by atoms with Crippen molar-refractivity contribution in [3.05, 3.63) is 42.5 Å². The van der Waals surface area contributed by atoms with E-state index < -0.39 is 0 Å². The van der Waals surface area contributed by atoms with Crippen LogP contribution in [0.2, 0.25) is 0 Å². The van der Waals surface area contributed by atoms with Crippen molar-refractivity contribution < 1.29 is 4.79 Å². The highest BCUT2D eigenvalue weighted by Gasteiger charge is 2.12. The number of hydrogen-bond donors (Lipinski definition) is 1. The zero-order valence-corrected chi connectivity index (χ0v) is 9.10. The summed E-state index contributed by atoms with van der Waals surface area (Å²) in [7, 11) is 1.62. The molecule has 1 rings (SSSR count). The average molecular weight is 215 g/mol. The van der Waals surface area contributed by atoms with E-state index in [4.69, 9.17) is 5.26 Å². The van der Waals surface area contributed by atoms with E-state index >= 15 is 0 Å². The third-order valence-corrected chi connectivity index (χ3v) is 2.09. The number of amides is 2. The van der Waals surface area contributed by atoms with Crippen LogP contribution in [0.1, 0.15) is 5.56 Å². The van der Waals surface area contributed by atoms with Crippen molar-refractivity contribution in [2.24, 2.45) is 0 Å². The molecule has 1 aromatic carbocycles. The topological polar surface area (TPSA) is 56.1 Å². The number of nitriles is 1. The fraction of sp³-hybridized carbons (Fsp3) is 0.167. The van der Waals surface area contributed by atoms with Crippen LogP contribution in [0, 0.1) is 11.3 Å². The zero-order valence-electron chi connectivity index (χ0n) is 9.10. The first kappa shape index (κ1) is 11.8. The molecule has 0 aliphatic carbocycles. The van der Waals surface area contributed by atoms with Gasteiger partial charge >= 0.3 is 6.03 Å². The van der Waals surface area contributed by atoms with Crippen molar-refractivity contribution in [3.8, 4) is 6.07 Å². The predicted molar refractivity (Wildman–Crippen MR) is 63.2 cm³/mol. The Bertz CT molecular complexity index is 434. The van der Waals surface area contributed by atoms with Crippen LogP contribution < -0.4 is 10.2 Å². The molecule has 0 bridgehead atoms. The fourth-order valence-electron chi connectivity index (χ4n) is 1.25. The summed E-state index contributed by atoms with van der Waals surface area (Å²) in [5.41, 5.74) is 1.06. The molecule has 82 valence electrons. The van der Waals surface area contributed by atoms with Gasteiger partial charge in [-0.3, -0.25) is 4.90 Å². The van der Waals surface area contributed by atoms with Gasteiger partial charge in [-0.25, -0.2) is 4.79 Å². The van der Waals surface area contributed by atoms with Crippen LogP contribution in [-0.2, 0) is 0 Å². The van der Waals surface area contributed by atoms with E-state index in [2.05, 4.69) is 11.9 Å². The molecule has 4 heteroatoms. The van der Waals surface area contributed by atoms with Crippen LogP contribution >= 0.6 is 0 Å². The summed E-state index contributed by atoms with van der Waals surface area (Å²) in [6.45, 7) is 3.91. The maximum absolute atomic E-state index is 11.6. The third-order valence-electron chi connectivity index (χ3n) is 2.09. The smallest absolute Gasteiger partial charge is 0.321 e. The number of hydrogen-bond acceptors (Lipinski definition) is 2.